The number of nitrogens with zero attached hydrogens (tertiary/aromatic N) is 6. The summed E-state index contributed by atoms with van der Waals surface area (Å²) in [6, 6.07) is 13.9. The fourth-order valence-electron chi connectivity index (χ4n) is 3.02. The maximum Gasteiger partial charge on any atom is 0.387 e. The van der Waals surface area contributed by atoms with Crippen molar-refractivity contribution in [1.29, 1.82) is 0 Å². The topological polar surface area (TPSA) is 108 Å². The molecular formula is C19H13F2N7O2S. The van der Waals surface area contributed by atoms with Crippen molar-refractivity contribution >= 4 is 22.7 Å². The van der Waals surface area contributed by atoms with Crippen LogP contribution in [0.4, 0.5) is 8.78 Å². The third kappa shape index (κ3) is 3.97. The second-order valence-corrected chi connectivity index (χ2v) is 7.22. The molecule has 0 atom stereocenters. The summed E-state index contributed by atoms with van der Waals surface area (Å²) in [7, 11) is 0. The van der Waals surface area contributed by atoms with Crippen molar-refractivity contribution in [3.05, 3.63) is 60.6 Å². The zero-order chi connectivity index (χ0) is 21.2. The van der Waals surface area contributed by atoms with Gasteiger partial charge in [0.15, 0.2) is 5.82 Å². The van der Waals surface area contributed by atoms with Crippen molar-refractivity contribution in [2.75, 3.05) is 0 Å². The second-order valence-electron chi connectivity index (χ2n) is 6.29. The van der Waals surface area contributed by atoms with E-state index in [1.54, 1.807) is 12.1 Å². The van der Waals surface area contributed by atoms with Crippen LogP contribution >= 0.6 is 11.8 Å². The molecule has 31 heavy (non-hydrogen) atoms. The highest BCUT2D eigenvalue weighted by Gasteiger charge is 2.16. The zero-order valence-corrected chi connectivity index (χ0v) is 16.5. The molecule has 12 heteroatoms. The summed E-state index contributed by atoms with van der Waals surface area (Å²) >= 11 is 1.28. The van der Waals surface area contributed by atoms with E-state index in [9.17, 15) is 8.78 Å². The standard InChI is InChI=1S/C19H13F2N7O2S/c20-18(21)29-12-7-5-11(6-8-12)28-16(23-26-27-28)10-31-19-25-24-17(30-19)14-9-22-15-4-2-1-3-13(14)15/h1-9,18,22H,10H2. The van der Waals surface area contributed by atoms with E-state index in [1.807, 2.05) is 30.5 Å². The molecular weight excluding hydrogens is 428 g/mol. The molecule has 0 aliphatic rings. The van der Waals surface area contributed by atoms with Crippen LogP contribution in [0.25, 0.3) is 28.0 Å². The van der Waals surface area contributed by atoms with Gasteiger partial charge in [0.2, 0.25) is 0 Å². The number of ether oxygens (including phenoxy) is 1. The molecule has 3 heterocycles. The third-order valence-corrected chi connectivity index (χ3v) is 5.21. The molecule has 0 unspecified atom stereocenters. The van der Waals surface area contributed by atoms with E-state index in [-0.39, 0.29) is 5.75 Å². The van der Waals surface area contributed by atoms with Crippen molar-refractivity contribution < 1.29 is 17.9 Å². The van der Waals surface area contributed by atoms with Crippen molar-refractivity contribution in [3.63, 3.8) is 0 Å². The summed E-state index contributed by atoms with van der Waals surface area (Å²) in [6.45, 7) is -2.88. The molecule has 0 radical (unpaired) electrons. The maximum absolute atomic E-state index is 12.3. The number of fused-ring (bicyclic) bond motifs is 1. The first-order valence-corrected chi connectivity index (χ1v) is 10.0. The van der Waals surface area contributed by atoms with Gasteiger partial charge in [-0.2, -0.15) is 13.5 Å². The number of hydrogen-bond acceptors (Lipinski definition) is 8. The Labute approximate surface area is 177 Å². The first-order chi connectivity index (χ1) is 15.2. The molecule has 0 spiro atoms. The smallest absolute Gasteiger partial charge is 0.387 e. The van der Waals surface area contributed by atoms with E-state index in [1.165, 1.54) is 28.6 Å². The summed E-state index contributed by atoms with van der Waals surface area (Å²) in [5.74, 6) is 1.35. The monoisotopic (exact) mass is 441 g/mol. The van der Waals surface area contributed by atoms with E-state index in [2.05, 4.69) is 35.4 Å². The minimum absolute atomic E-state index is 0.0541. The largest absolute Gasteiger partial charge is 0.435 e. The van der Waals surface area contributed by atoms with E-state index >= 15 is 0 Å². The van der Waals surface area contributed by atoms with Gasteiger partial charge < -0.3 is 14.1 Å². The normalized spacial score (nSPS) is 11.5. The van der Waals surface area contributed by atoms with Crippen LogP contribution in [0.1, 0.15) is 5.82 Å². The second kappa shape index (κ2) is 8.14. The van der Waals surface area contributed by atoms with Gasteiger partial charge in [-0.25, -0.2) is 0 Å². The molecule has 0 fully saturated rings. The minimum atomic E-state index is -2.88. The molecule has 0 aliphatic carbocycles. The van der Waals surface area contributed by atoms with E-state index in [4.69, 9.17) is 4.42 Å². The van der Waals surface area contributed by atoms with Crippen LogP contribution in [0.2, 0.25) is 0 Å². The van der Waals surface area contributed by atoms with Crippen LogP contribution in [-0.4, -0.2) is 42.0 Å². The number of benzene rings is 2. The van der Waals surface area contributed by atoms with E-state index in [0.29, 0.717) is 28.4 Å². The Hall–Kier alpha value is -3.80. The van der Waals surface area contributed by atoms with Gasteiger partial charge in [-0.05, 0) is 40.8 Å². The fraction of sp³-hybridized carbons (Fsp3) is 0.105. The van der Waals surface area contributed by atoms with Gasteiger partial charge in [-0.3, -0.25) is 0 Å². The molecule has 0 amide bonds. The number of alkyl halides is 2. The molecule has 5 aromatic rings. The Morgan fingerprint density at radius 2 is 1.90 bits per heavy atom. The summed E-state index contributed by atoms with van der Waals surface area (Å²) < 4.78 is 36.2. The lowest BCUT2D eigenvalue weighted by Gasteiger charge is -2.06. The van der Waals surface area contributed by atoms with E-state index < -0.39 is 6.61 Å². The van der Waals surface area contributed by atoms with Crippen LogP contribution in [0.15, 0.2) is 64.4 Å². The molecule has 9 nitrogen and oxygen atoms in total. The van der Waals surface area contributed by atoms with Crippen molar-refractivity contribution in [2.24, 2.45) is 0 Å². The van der Waals surface area contributed by atoms with Gasteiger partial charge in [-0.15, -0.1) is 15.3 Å². The van der Waals surface area contributed by atoms with Crippen LogP contribution in [-0.2, 0) is 5.75 Å². The Bertz CT molecular complexity index is 1320. The van der Waals surface area contributed by atoms with Crippen molar-refractivity contribution in [2.45, 2.75) is 17.6 Å². The summed E-state index contributed by atoms with van der Waals surface area (Å²) in [5.41, 5.74) is 2.41. The number of para-hydroxylation sites is 1. The predicted molar refractivity (Wildman–Crippen MR) is 107 cm³/mol. The minimum Gasteiger partial charge on any atom is -0.435 e. The van der Waals surface area contributed by atoms with Crippen molar-refractivity contribution in [3.8, 4) is 22.9 Å². The van der Waals surface area contributed by atoms with Crippen LogP contribution in [0, 0.1) is 0 Å². The highest BCUT2D eigenvalue weighted by atomic mass is 32.2. The Morgan fingerprint density at radius 3 is 2.74 bits per heavy atom. The average molecular weight is 441 g/mol. The highest BCUT2D eigenvalue weighted by Crippen LogP contribution is 2.30. The number of halogens is 2. The number of rotatable bonds is 7. The molecule has 5 rings (SSSR count). The first-order valence-electron chi connectivity index (χ1n) is 9.02. The Balaban J connectivity index is 1.30. The number of aromatic nitrogens is 7. The van der Waals surface area contributed by atoms with Gasteiger partial charge in [0.1, 0.15) is 5.75 Å². The number of hydrogen-bond donors (Lipinski definition) is 1. The maximum atomic E-state index is 12.3. The Kier molecular flexibility index (Phi) is 5.04. The lowest BCUT2D eigenvalue weighted by Crippen LogP contribution is -2.04. The number of H-pyrrole nitrogens is 1. The quantitative estimate of drug-likeness (QED) is 0.376. The SMILES string of the molecule is FC(F)Oc1ccc(-n2nnnc2CSc2nnc(-c3c[nH]c4ccccc34)o2)cc1. The lowest BCUT2D eigenvalue weighted by atomic mass is 10.2. The first kappa shape index (κ1) is 19.2. The summed E-state index contributed by atoms with van der Waals surface area (Å²) in [6.07, 6.45) is 1.83. The summed E-state index contributed by atoms with van der Waals surface area (Å²) in [5, 5.41) is 21.2. The molecule has 0 saturated carbocycles. The average Bonchev–Trinajstić information content (AvgIpc) is 3.51. The lowest BCUT2D eigenvalue weighted by molar-refractivity contribution is -0.0498. The van der Waals surface area contributed by atoms with Crippen molar-refractivity contribution in [1.82, 2.24) is 35.4 Å². The fourth-order valence-corrected chi connectivity index (χ4v) is 3.69. The highest BCUT2D eigenvalue weighted by molar-refractivity contribution is 7.98. The Morgan fingerprint density at radius 1 is 1.06 bits per heavy atom. The zero-order valence-electron chi connectivity index (χ0n) is 15.6. The van der Waals surface area contributed by atoms with Gasteiger partial charge in [0.25, 0.3) is 11.1 Å². The van der Waals surface area contributed by atoms with E-state index in [0.717, 1.165) is 16.5 Å². The number of thioether (sulfide) groups is 1. The molecule has 0 saturated heterocycles. The molecule has 2 aromatic carbocycles. The van der Waals surface area contributed by atoms with Gasteiger partial charge in [0.05, 0.1) is 17.0 Å². The molecule has 3 aromatic heterocycles. The molecule has 156 valence electrons. The number of aromatic amines is 1. The van der Waals surface area contributed by atoms with Gasteiger partial charge >= 0.3 is 6.61 Å². The van der Waals surface area contributed by atoms with Crippen LogP contribution in [0.3, 0.4) is 0 Å². The van der Waals surface area contributed by atoms with Gasteiger partial charge in [-0.1, -0.05) is 30.0 Å². The van der Waals surface area contributed by atoms with Crippen LogP contribution in [0.5, 0.6) is 5.75 Å². The molecule has 0 aliphatic heterocycles. The summed E-state index contributed by atoms with van der Waals surface area (Å²) in [4.78, 5) is 3.18. The predicted octanol–water partition coefficient (Wildman–Crippen LogP) is 4.09. The van der Waals surface area contributed by atoms with Crippen LogP contribution < -0.4 is 4.74 Å². The molecule has 0 bridgehead atoms. The van der Waals surface area contributed by atoms with Gasteiger partial charge in [0, 0.05) is 17.1 Å². The molecule has 1 N–H and O–H groups in total. The number of tetrazole rings is 1. The third-order valence-electron chi connectivity index (χ3n) is 4.39. The number of nitrogens with one attached hydrogen (secondary N) is 1.